The molecule has 0 spiro atoms. The highest BCUT2D eigenvalue weighted by atomic mass is 16.1. The lowest BCUT2D eigenvalue weighted by atomic mass is 10.1. The number of pyridine rings is 1. The molecule has 22 heavy (non-hydrogen) atoms. The van der Waals surface area contributed by atoms with Crippen LogP contribution in [0.5, 0.6) is 0 Å². The smallest absolute Gasteiger partial charge is 0.257 e. The number of benzene rings is 2. The maximum atomic E-state index is 12.6. The van der Waals surface area contributed by atoms with E-state index in [0.717, 1.165) is 27.4 Å². The molecule has 1 amide bonds. The molecular formula is C18H13N3O. The predicted octanol–water partition coefficient (Wildman–Crippen LogP) is 3.97. The molecule has 0 saturated heterocycles. The number of nitrogens with one attached hydrogen (secondary N) is 2. The number of aromatic amines is 1. The van der Waals surface area contributed by atoms with Crippen molar-refractivity contribution in [2.24, 2.45) is 0 Å². The van der Waals surface area contributed by atoms with Gasteiger partial charge in [-0.25, -0.2) is 0 Å². The Morgan fingerprint density at radius 2 is 1.91 bits per heavy atom. The fourth-order valence-electron chi connectivity index (χ4n) is 2.68. The van der Waals surface area contributed by atoms with Crippen LogP contribution in [-0.4, -0.2) is 15.9 Å². The number of carbonyl (C=O) groups is 1. The summed E-state index contributed by atoms with van der Waals surface area (Å²) in [4.78, 5) is 19.8. The van der Waals surface area contributed by atoms with Gasteiger partial charge in [0.05, 0.1) is 5.56 Å². The molecule has 2 aromatic heterocycles. The highest BCUT2D eigenvalue weighted by Crippen LogP contribution is 2.24. The first-order chi connectivity index (χ1) is 10.8. The summed E-state index contributed by atoms with van der Waals surface area (Å²) in [5, 5.41) is 5.89. The molecule has 0 fully saturated rings. The van der Waals surface area contributed by atoms with E-state index in [4.69, 9.17) is 0 Å². The van der Waals surface area contributed by atoms with Crippen LogP contribution in [0.15, 0.2) is 67.1 Å². The molecule has 0 aliphatic carbocycles. The molecule has 0 saturated carbocycles. The predicted molar refractivity (Wildman–Crippen MR) is 88.0 cm³/mol. The van der Waals surface area contributed by atoms with Crippen molar-refractivity contribution in [2.75, 3.05) is 5.32 Å². The molecule has 2 aromatic carbocycles. The third-order valence-electron chi connectivity index (χ3n) is 3.76. The zero-order valence-electron chi connectivity index (χ0n) is 11.7. The fraction of sp³-hybridized carbons (Fsp3) is 0. The summed E-state index contributed by atoms with van der Waals surface area (Å²) in [6.45, 7) is 0. The lowest BCUT2D eigenvalue weighted by Gasteiger charge is -2.08. The van der Waals surface area contributed by atoms with Gasteiger partial charge in [0.25, 0.3) is 5.91 Å². The van der Waals surface area contributed by atoms with Crippen molar-refractivity contribution in [1.82, 2.24) is 9.97 Å². The Morgan fingerprint density at radius 3 is 2.86 bits per heavy atom. The van der Waals surface area contributed by atoms with E-state index in [2.05, 4.69) is 15.3 Å². The Kier molecular flexibility index (Phi) is 2.86. The van der Waals surface area contributed by atoms with Crippen molar-refractivity contribution in [3.8, 4) is 0 Å². The first-order valence-electron chi connectivity index (χ1n) is 7.03. The number of hydrogen-bond acceptors (Lipinski definition) is 2. The monoisotopic (exact) mass is 287 g/mol. The Bertz CT molecular complexity index is 982. The number of para-hydroxylation sites is 1. The van der Waals surface area contributed by atoms with E-state index in [-0.39, 0.29) is 5.91 Å². The van der Waals surface area contributed by atoms with E-state index in [1.54, 1.807) is 18.6 Å². The lowest BCUT2D eigenvalue weighted by Crippen LogP contribution is -2.11. The van der Waals surface area contributed by atoms with Crippen LogP contribution in [0, 0.1) is 0 Å². The summed E-state index contributed by atoms with van der Waals surface area (Å²) in [6, 6.07) is 15.5. The normalized spacial score (nSPS) is 10.9. The second kappa shape index (κ2) is 5.00. The number of aromatic nitrogens is 2. The number of hydrogen-bond donors (Lipinski definition) is 2. The van der Waals surface area contributed by atoms with E-state index < -0.39 is 0 Å². The molecule has 0 aliphatic heterocycles. The molecule has 4 aromatic rings. The van der Waals surface area contributed by atoms with Gasteiger partial charge < -0.3 is 10.3 Å². The van der Waals surface area contributed by atoms with Crippen LogP contribution in [0.1, 0.15) is 10.4 Å². The second-order valence-electron chi connectivity index (χ2n) is 5.10. The highest BCUT2D eigenvalue weighted by Gasteiger charge is 2.12. The first kappa shape index (κ1) is 12.6. The van der Waals surface area contributed by atoms with Crippen LogP contribution in [0.2, 0.25) is 0 Å². The van der Waals surface area contributed by atoms with Crippen LogP contribution < -0.4 is 5.32 Å². The molecule has 4 nitrogen and oxygen atoms in total. The van der Waals surface area contributed by atoms with Crippen molar-refractivity contribution in [3.63, 3.8) is 0 Å². The van der Waals surface area contributed by atoms with E-state index in [0.29, 0.717) is 5.56 Å². The zero-order chi connectivity index (χ0) is 14.9. The van der Waals surface area contributed by atoms with E-state index in [1.165, 1.54) is 0 Å². The summed E-state index contributed by atoms with van der Waals surface area (Å²) in [6.07, 6.45) is 5.26. The van der Waals surface area contributed by atoms with E-state index in [9.17, 15) is 4.79 Å². The topological polar surface area (TPSA) is 57.8 Å². The van der Waals surface area contributed by atoms with Gasteiger partial charge in [-0.3, -0.25) is 9.78 Å². The summed E-state index contributed by atoms with van der Waals surface area (Å²) in [5.41, 5.74) is 2.38. The standard InChI is InChI=1S/C18H13N3O/c22-18(15-11-20-16-6-2-1-5-14(15)16)21-17-7-3-4-12-10-19-9-8-13(12)17/h1-11,20H,(H,21,22). The Balaban J connectivity index is 1.75. The Labute approximate surface area is 126 Å². The number of amides is 1. The van der Waals surface area contributed by atoms with Crippen LogP contribution in [0.4, 0.5) is 5.69 Å². The Morgan fingerprint density at radius 1 is 1.00 bits per heavy atom. The average molecular weight is 287 g/mol. The van der Waals surface area contributed by atoms with Gasteiger partial charge in [-0.2, -0.15) is 0 Å². The van der Waals surface area contributed by atoms with Gasteiger partial charge in [0.15, 0.2) is 0 Å². The third-order valence-corrected chi connectivity index (χ3v) is 3.76. The molecule has 106 valence electrons. The van der Waals surface area contributed by atoms with Gasteiger partial charge in [0, 0.05) is 46.0 Å². The fourth-order valence-corrected chi connectivity index (χ4v) is 2.68. The van der Waals surface area contributed by atoms with E-state index >= 15 is 0 Å². The maximum Gasteiger partial charge on any atom is 0.257 e. The first-order valence-corrected chi connectivity index (χ1v) is 7.03. The molecule has 0 bridgehead atoms. The molecule has 4 rings (SSSR count). The minimum Gasteiger partial charge on any atom is -0.360 e. The van der Waals surface area contributed by atoms with Crippen LogP contribution in [0.3, 0.4) is 0 Å². The molecule has 2 N–H and O–H groups in total. The Hall–Kier alpha value is -3.14. The molecule has 2 heterocycles. The van der Waals surface area contributed by atoms with Crippen molar-refractivity contribution in [2.45, 2.75) is 0 Å². The van der Waals surface area contributed by atoms with Gasteiger partial charge in [-0.1, -0.05) is 30.3 Å². The second-order valence-corrected chi connectivity index (χ2v) is 5.10. The number of anilines is 1. The van der Waals surface area contributed by atoms with Crippen molar-refractivity contribution in [1.29, 1.82) is 0 Å². The number of fused-ring (bicyclic) bond motifs is 2. The number of rotatable bonds is 2. The average Bonchev–Trinajstić information content (AvgIpc) is 2.99. The van der Waals surface area contributed by atoms with Crippen molar-refractivity contribution < 1.29 is 4.79 Å². The maximum absolute atomic E-state index is 12.6. The highest BCUT2D eigenvalue weighted by molar-refractivity contribution is 6.15. The molecule has 0 unspecified atom stereocenters. The van der Waals surface area contributed by atoms with Gasteiger partial charge in [-0.15, -0.1) is 0 Å². The summed E-state index contributed by atoms with van der Waals surface area (Å²) in [5.74, 6) is -0.123. The minimum atomic E-state index is -0.123. The molecular weight excluding hydrogens is 274 g/mol. The van der Waals surface area contributed by atoms with Crippen LogP contribution in [-0.2, 0) is 0 Å². The largest absolute Gasteiger partial charge is 0.360 e. The van der Waals surface area contributed by atoms with E-state index in [1.807, 2.05) is 48.5 Å². The van der Waals surface area contributed by atoms with Crippen molar-refractivity contribution in [3.05, 3.63) is 72.7 Å². The summed E-state index contributed by atoms with van der Waals surface area (Å²) >= 11 is 0. The SMILES string of the molecule is O=C(Nc1cccc2cnccc12)c1c[nH]c2ccccc12. The van der Waals surface area contributed by atoms with Gasteiger partial charge in [-0.05, 0) is 18.2 Å². The van der Waals surface area contributed by atoms with Gasteiger partial charge in [0.2, 0.25) is 0 Å². The molecule has 4 heteroatoms. The number of nitrogens with zero attached hydrogens (tertiary/aromatic N) is 1. The quantitative estimate of drug-likeness (QED) is 0.586. The third kappa shape index (κ3) is 2.02. The van der Waals surface area contributed by atoms with Gasteiger partial charge in [0.1, 0.15) is 0 Å². The van der Waals surface area contributed by atoms with Crippen molar-refractivity contribution >= 4 is 33.3 Å². The lowest BCUT2D eigenvalue weighted by molar-refractivity contribution is 0.102. The summed E-state index contributed by atoms with van der Waals surface area (Å²) < 4.78 is 0. The molecule has 0 radical (unpaired) electrons. The van der Waals surface area contributed by atoms with Crippen LogP contribution in [0.25, 0.3) is 21.7 Å². The molecule has 0 atom stereocenters. The van der Waals surface area contributed by atoms with Gasteiger partial charge >= 0.3 is 0 Å². The van der Waals surface area contributed by atoms with Crippen LogP contribution >= 0.6 is 0 Å². The zero-order valence-corrected chi connectivity index (χ0v) is 11.7. The summed E-state index contributed by atoms with van der Waals surface area (Å²) in [7, 11) is 0. The minimum absolute atomic E-state index is 0.123. The number of carbonyl (C=O) groups excluding carboxylic acids is 1. The molecule has 0 aliphatic rings. The number of H-pyrrole nitrogens is 1.